The van der Waals surface area contributed by atoms with Crippen LogP contribution in [0.1, 0.15) is 12.0 Å². The van der Waals surface area contributed by atoms with Crippen molar-refractivity contribution in [3.63, 3.8) is 0 Å². The number of methoxy groups -OCH3 is 1. The summed E-state index contributed by atoms with van der Waals surface area (Å²) in [5.41, 5.74) is 0.794. The van der Waals surface area contributed by atoms with Crippen LogP contribution in [0.25, 0.3) is 6.08 Å². The van der Waals surface area contributed by atoms with Crippen molar-refractivity contribution in [2.45, 2.75) is 18.7 Å². The van der Waals surface area contributed by atoms with Gasteiger partial charge in [-0.15, -0.1) is 0 Å². The lowest BCUT2D eigenvalue weighted by atomic mass is 10.1. The van der Waals surface area contributed by atoms with Crippen molar-refractivity contribution in [3.05, 3.63) is 35.6 Å². The third-order valence-electron chi connectivity index (χ3n) is 3.43. The minimum Gasteiger partial charge on any atom is -0.497 e. The smallest absolute Gasteiger partial charge is 0.334 e. The van der Waals surface area contributed by atoms with Crippen molar-refractivity contribution in [1.29, 1.82) is 0 Å². The van der Waals surface area contributed by atoms with E-state index in [0.717, 1.165) is 5.56 Å². The number of rotatable bonds is 3. The zero-order valence-electron chi connectivity index (χ0n) is 10.8. The average Bonchev–Trinajstić information content (AvgIpc) is 2.72. The Morgan fingerprint density at radius 1 is 1.45 bits per heavy atom. The number of carbonyl (C=O) groups is 2. The molecular weight excluding hydrogens is 262 g/mol. The molecule has 0 spiro atoms. The van der Waals surface area contributed by atoms with Gasteiger partial charge in [-0.2, -0.15) is 0 Å². The van der Waals surface area contributed by atoms with Crippen LogP contribution in [0.2, 0.25) is 0 Å². The maximum Gasteiger partial charge on any atom is 0.334 e. The van der Waals surface area contributed by atoms with Gasteiger partial charge in [-0.1, -0.05) is 12.1 Å². The molecule has 0 aromatic heterocycles. The average molecular weight is 275 g/mol. The van der Waals surface area contributed by atoms with Crippen molar-refractivity contribution >= 4 is 18.0 Å². The summed E-state index contributed by atoms with van der Waals surface area (Å²) >= 11 is 0. The Labute approximate surface area is 115 Å². The van der Waals surface area contributed by atoms with E-state index in [0.29, 0.717) is 11.5 Å². The maximum absolute atomic E-state index is 11.4. The molecule has 2 aliphatic rings. The third-order valence-corrected chi connectivity index (χ3v) is 3.43. The van der Waals surface area contributed by atoms with E-state index in [1.54, 1.807) is 37.5 Å². The topological polar surface area (TPSA) is 76.1 Å². The number of carboxylic acid groups (broad SMARTS) is 1. The number of fused-ring (bicyclic) bond motifs is 1. The monoisotopic (exact) mass is 275 g/mol. The van der Waals surface area contributed by atoms with E-state index in [4.69, 9.17) is 9.47 Å². The van der Waals surface area contributed by atoms with Gasteiger partial charge in [0.25, 0.3) is 0 Å². The van der Waals surface area contributed by atoms with Crippen LogP contribution in [0.3, 0.4) is 0 Å². The molecule has 2 atom stereocenters. The van der Waals surface area contributed by atoms with Gasteiger partial charge in [-0.3, -0.25) is 9.69 Å². The molecule has 2 heterocycles. The van der Waals surface area contributed by atoms with E-state index in [2.05, 4.69) is 0 Å². The molecule has 1 aromatic carbocycles. The molecule has 2 unspecified atom stereocenters. The molecule has 2 fully saturated rings. The molecule has 0 radical (unpaired) electrons. The number of hydrogen-bond acceptors (Lipinski definition) is 4. The molecule has 0 aliphatic carbocycles. The minimum absolute atomic E-state index is 0.194. The number of ether oxygens (including phenoxy) is 2. The van der Waals surface area contributed by atoms with Crippen LogP contribution in [0.5, 0.6) is 5.75 Å². The van der Waals surface area contributed by atoms with Gasteiger partial charge >= 0.3 is 5.97 Å². The Bertz CT molecular complexity index is 592. The van der Waals surface area contributed by atoms with Gasteiger partial charge in [0.05, 0.1) is 13.5 Å². The SMILES string of the molecule is COc1ccc(/C=C2\OC3CC(=O)N3C2C(=O)O)cc1. The normalized spacial score (nSPS) is 25.9. The summed E-state index contributed by atoms with van der Waals surface area (Å²) in [6, 6.07) is 6.12. The second kappa shape index (κ2) is 4.56. The first-order valence-electron chi connectivity index (χ1n) is 6.16. The highest BCUT2D eigenvalue weighted by molar-refractivity contribution is 5.92. The van der Waals surface area contributed by atoms with Gasteiger partial charge in [-0.05, 0) is 23.8 Å². The summed E-state index contributed by atoms with van der Waals surface area (Å²) in [7, 11) is 1.57. The predicted molar refractivity (Wildman–Crippen MR) is 68.7 cm³/mol. The largest absolute Gasteiger partial charge is 0.497 e. The van der Waals surface area contributed by atoms with Crippen LogP contribution in [0.4, 0.5) is 0 Å². The summed E-state index contributed by atoms with van der Waals surface area (Å²) in [6.07, 6.45) is 1.45. The Kier molecular flexibility index (Phi) is 2.85. The summed E-state index contributed by atoms with van der Waals surface area (Å²) < 4.78 is 10.6. The lowest BCUT2D eigenvalue weighted by Gasteiger charge is -2.33. The fourth-order valence-electron chi connectivity index (χ4n) is 2.39. The number of carbonyl (C=O) groups excluding carboxylic acids is 1. The molecule has 20 heavy (non-hydrogen) atoms. The molecule has 0 bridgehead atoms. The van der Waals surface area contributed by atoms with Crippen molar-refractivity contribution < 1.29 is 24.2 Å². The van der Waals surface area contributed by atoms with Gasteiger partial charge in [0.1, 0.15) is 11.5 Å². The van der Waals surface area contributed by atoms with Gasteiger partial charge in [0.15, 0.2) is 12.3 Å². The third kappa shape index (κ3) is 1.89. The Morgan fingerprint density at radius 2 is 2.15 bits per heavy atom. The van der Waals surface area contributed by atoms with Gasteiger partial charge in [0, 0.05) is 0 Å². The van der Waals surface area contributed by atoms with E-state index in [1.165, 1.54) is 4.90 Å². The second-order valence-corrected chi connectivity index (χ2v) is 4.64. The molecule has 1 N–H and O–H groups in total. The molecule has 2 saturated heterocycles. The lowest BCUT2D eigenvalue weighted by molar-refractivity contribution is -0.163. The molecule has 3 rings (SSSR count). The first kappa shape index (κ1) is 12.5. The first-order chi connectivity index (χ1) is 9.60. The summed E-state index contributed by atoms with van der Waals surface area (Å²) in [5.74, 6) is -0.271. The number of β-lactam (4-membered cyclic amide) rings is 1. The zero-order chi connectivity index (χ0) is 14.3. The molecule has 0 saturated carbocycles. The van der Waals surface area contributed by atoms with Crippen LogP contribution < -0.4 is 4.74 Å². The summed E-state index contributed by atoms with van der Waals surface area (Å²) in [5, 5.41) is 9.25. The summed E-state index contributed by atoms with van der Waals surface area (Å²) in [6.45, 7) is 0. The van der Waals surface area contributed by atoms with E-state index in [9.17, 15) is 14.7 Å². The fraction of sp³-hybridized carbons (Fsp3) is 0.286. The number of amides is 1. The van der Waals surface area contributed by atoms with Gasteiger partial charge < -0.3 is 14.6 Å². The summed E-state index contributed by atoms with van der Waals surface area (Å²) in [4.78, 5) is 24.0. The van der Waals surface area contributed by atoms with Gasteiger partial charge in [0.2, 0.25) is 5.91 Å². The van der Waals surface area contributed by atoms with E-state index < -0.39 is 18.2 Å². The number of hydrogen-bond donors (Lipinski definition) is 1. The zero-order valence-corrected chi connectivity index (χ0v) is 10.8. The first-order valence-corrected chi connectivity index (χ1v) is 6.16. The Balaban J connectivity index is 1.89. The Morgan fingerprint density at radius 3 is 2.70 bits per heavy atom. The Hall–Kier alpha value is -2.50. The van der Waals surface area contributed by atoms with Crippen LogP contribution in [-0.4, -0.2) is 41.3 Å². The highest BCUT2D eigenvalue weighted by Gasteiger charge is 2.53. The molecule has 1 aromatic rings. The van der Waals surface area contributed by atoms with Crippen LogP contribution >= 0.6 is 0 Å². The fourth-order valence-corrected chi connectivity index (χ4v) is 2.39. The maximum atomic E-state index is 11.4. The van der Waals surface area contributed by atoms with Crippen LogP contribution in [-0.2, 0) is 14.3 Å². The van der Waals surface area contributed by atoms with Crippen molar-refractivity contribution in [1.82, 2.24) is 4.90 Å². The second-order valence-electron chi connectivity index (χ2n) is 4.64. The molecule has 6 heteroatoms. The molecule has 104 valence electrons. The van der Waals surface area contributed by atoms with Crippen molar-refractivity contribution in [2.24, 2.45) is 0 Å². The minimum atomic E-state index is -1.08. The highest BCUT2D eigenvalue weighted by atomic mass is 16.5. The highest BCUT2D eigenvalue weighted by Crippen LogP contribution is 2.37. The number of nitrogens with zero attached hydrogens (tertiary/aromatic N) is 1. The van der Waals surface area contributed by atoms with Crippen LogP contribution in [0.15, 0.2) is 30.0 Å². The number of aliphatic carboxylic acids is 1. The lowest BCUT2D eigenvalue weighted by Crippen LogP contribution is -2.54. The number of carboxylic acids is 1. The van der Waals surface area contributed by atoms with E-state index >= 15 is 0 Å². The van der Waals surface area contributed by atoms with Crippen molar-refractivity contribution in [3.8, 4) is 5.75 Å². The number of benzene rings is 1. The molecular formula is C14H13NO5. The van der Waals surface area contributed by atoms with Crippen LogP contribution in [0, 0.1) is 0 Å². The standard InChI is InChI=1S/C14H13NO5/c1-19-9-4-2-8(3-5-9)6-10-13(14(17)18)15-11(16)7-12(15)20-10/h2-6,12-13H,7H2,1H3,(H,17,18)/b10-6-. The quantitative estimate of drug-likeness (QED) is 0.835. The molecule has 6 nitrogen and oxygen atoms in total. The van der Waals surface area contributed by atoms with E-state index in [1.807, 2.05) is 0 Å². The predicted octanol–water partition coefficient (Wildman–Crippen LogP) is 1.08. The molecule has 1 amide bonds. The van der Waals surface area contributed by atoms with Gasteiger partial charge in [-0.25, -0.2) is 4.79 Å². The van der Waals surface area contributed by atoms with E-state index in [-0.39, 0.29) is 12.3 Å². The molecule has 2 aliphatic heterocycles. The van der Waals surface area contributed by atoms with Crippen molar-refractivity contribution in [2.75, 3.05) is 7.11 Å².